The zero-order valence-corrected chi connectivity index (χ0v) is 13.3. The zero-order chi connectivity index (χ0) is 16.6. The van der Waals surface area contributed by atoms with Gasteiger partial charge in [0.25, 0.3) is 10.0 Å². The summed E-state index contributed by atoms with van der Waals surface area (Å²) in [5, 5.41) is 0. The van der Waals surface area contributed by atoms with E-state index in [4.69, 9.17) is 0 Å². The molecule has 5 nitrogen and oxygen atoms in total. The van der Waals surface area contributed by atoms with E-state index in [1.54, 1.807) is 24.3 Å². The molecule has 1 aliphatic rings. The molecule has 0 saturated heterocycles. The van der Waals surface area contributed by atoms with Gasteiger partial charge in [-0.1, -0.05) is 24.3 Å². The largest absolute Gasteiger partial charge is 0.295 e. The van der Waals surface area contributed by atoms with Crippen LogP contribution in [0.25, 0.3) is 0 Å². The van der Waals surface area contributed by atoms with Gasteiger partial charge in [-0.15, -0.1) is 0 Å². The molecule has 6 heteroatoms. The average Bonchev–Trinajstić information content (AvgIpc) is 2.55. The Kier molecular flexibility index (Phi) is 3.77. The first-order valence-electron chi connectivity index (χ1n) is 7.17. The van der Waals surface area contributed by atoms with Crippen molar-refractivity contribution in [3.63, 3.8) is 0 Å². The number of benzene rings is 2. The summed E-state index contributed by atoms with van der Waals surface area (Å²) in [7, 11) is -3.77. The van der Waals surface area contributed by atoms with Gasteiger partial charge in [0.15, 0.2) is 11.6 Å². The minimum atomic E-state index is -3.77. The van der Waals surface area contributed by atoms with Crippen LogP contribution in [0.3, 0.4) is 0 Å². The third-order valence-corrected chi connectivity index (χ3v) is 5.69. The van der Waals surface area contributed by atoms with Crippen molar-refractivity contribution < 1.29 is 18.0 Å². The van der Waals surface area contributed by atoms with Crippen molar-refractivity contribution in [3.8, 4) is 0 Å². The molecular weight excluding hydrogens is 314 g/mol. The SMILES string of the molecule is CC(=O)c1ccc(S(=O)(=O)N2CCC(=O)c3ccccc32)cc1. The van der Waals surface area contributed by atoms with Crippen LogP contribution in [0.1, 0.15) is 34.1 Å². The first kappa shape index (κ1) is 15.4. The highest BCUT2D eigenvalue weighted by atomic mass is 32.2. The molecule has 2 aromatic rings. The summed E-state index contributed by atoms with van der Waals surface area (Å²) < 4.78 is 27.0. The van der Waals surface area contributed by atoms with Crippen LogP contribution in [0.2, 0.25) is 0 Å². The summed E-state index contributed by atoms with van der Waals surface area (Å²) in [6.45, 7) is 1.54. The van der Waals surface area contributed by atoms with E-state index in [-0.39, 0.29) is 29.4 Å². The molecule has 0 saturated carbocycles. The van der Waals surface area contributed by atoms with Crippen molar-refractivity contribution in [1.82, 2.24) is 0 Å². The molecule has 23 heavy (non-hydrogen) atoms. The van der Waals surface area contributed by atoms with Crippen LogP contribution in [0.4, 0.5) is 5.69 Å². The molecule has 1 aliphatic heterocycles. The molecule has 0 fully saturated rings. The van der Waals surface area contributed by atoms with Crippen LogP contribution in [0.15, 0.2) is 53.4 Å². The highest BCUT2D eigenvalue weighted by molar-refractivity contribution is 7.92. The molecule has 0 spiro atoms. The van der Waals surface area contributed by atoms with E-state index in [1.165, 1.54) is 35.5 Å². The van der Waals surface area contributed by atoms with Crippen molar-refractivity contribution >= 4 is 27.3 Å². The van der Waals surface area contributed by atoms with Crippen LogP contribution in [0, 0.1) is 0 Å². The third-order valence-electron chi connectivity index (χ3n) is 3.86. The molecule has 0 amide bonds. The number of Topliss-reactive ketones (excluding diaryl/α,β-unsaturated/α-hetero) is 2. The molecule has 0 aromatic heterocycles. The molecule has 3 rings (SSSR count). The summed E-state index contributed by atoms with van der Waals surface area (Å²) in [5.41, 5.74) is 1.28. The van der Waals surface area contributed by atoms with Crippen molar-refractivity contribution in [2.24, 2.45) is 0 Å². The number of hydrogen-bond acceptors (Lipinski definition) is 4. The number of hydrogen-bond donors (Lipinski definition) is 0. The number of sulfonamides is 1. The minimum absolute atomic E-state index is 0.0565. The fourth-order valence-electron chi connectivity index (χ4n) is 2.62. The molecule has 118 valence electrons. The second-order valence-electron chi connectivity index (χ2n) is 5.35. The molecule has 0 N–H and O–H groups in total. The van der Waals surface area contributed by atoms with Crippen molar-refractivity contribution in [2.45, 2.75) is 18.2 Å². The standard InChI is InChI=1S/C17H15NO4S/c1-12(19)13-6-8-14(9-7-13)23(21,22)18-11-10-17(20)15-4-2-3-5-16(15)18/h2-9H,10-11H2,1H3. The van der Waals surface area contributed by atoms with Crippen molar-refractivity contribution in [1.29, 1.82) is 0 Å². The molecular formula is C17H15NO4S. The third kappa shape index (κ3) is 2.66. The van der Waals surface area contributed by atoms with Crippen molar-refractivity contribution in [3.05, 3.63) is 59.7 Å². The molecule has 0 aliphatic carbocycles. The summed E-state index contributed by atoms with van der Waals surface area (Å²) >= 11 is 0. The Hall–Kier alpha value is -2.47. The Bertz CT molecular complexity index is 885. The Labute approximate surface area is 134 Å². The molecule has 0 radical (unpaired) electrons. The second kappa shape index (κ2) is 5.62. The van der Waals surface area contributed by atoms with Gasteiger partial charge in [-0.2, -0.15) is 0 Å². The number of ketones is 2. The maximum absolute atomic E-state index is 12.9. The summed E-state index contributed by atoms with van der Waals surface area (Å²) in [5.74, 6) is -0.179. The van der Waals surface area contributed by atoms with Crippen molar-refractivity contribution in [2.75, 3.05) is 10.8 Å². The van der Waals surface area contributed by atoms with Crippen LogP contribution >= 0.6 is 0 Å². The lowest BCUT2D eigenvalue weighted by atomic mass is 10.0. The van der Waals surface area contributed by atoms with Crippen LogP contribution < -0.4 is 4.31 Å². The number of carbonyl (C=O) groups excluding carboxylic acids is 2. The number of fused-ring (bicyclic) bond motifs is 1. The van der Waals surface area contributed by atoms with E-state index >= 15 is 0 Å². The van der Waals surface area contributed by atoms with Gasteiger partial charge in [0.1, 0.15) is 0 Å². The smallest absolute Gasteiger partial charge is 0.264 e. The number of nitrogens with zero attached hydrogens (tertiary/aromatic N) is 1. The summed E-state index contributed by atoms with van der Waals surface area (Å²) in [6, 6.07) is 12.5. The average molecular weight is 329 g/mol. The Morgan fingerprint density at radius 3 is 2.35 bits per heavy atom. The van der Waals surface area contributed by atoms with Crippen LogP contribution in [0.5, 0.6) is 0 Å². The van der Waals surface area contributed by atoms with E-state index < -0.39 is 10.0 Å². The minimum Gasteiger partial charge on any atom is -0.295 e. The maximum atomic E-state index is 12.9. The monoisotopic (exact) mass is 329 g/mol. The fourth-order valence-corrected chi connectivity index (χ4v) is 4.11. The van der Waals surface area contributed by atoms with Gasteiger partial charge in [0.2, 0.25) is 0 Å². The molecule has 1 heterocycles. The predicted octanol–water partition coefficient (Wildman–Crippen LogP) is 2.67. The topological polar surface area (TPSA) is 71.5 Å². The zero-order valence-electron chi connectivity index (χ0n) is 12.5. The van der Waals surface area contributed by atoms with E-state index in [0.717, 1.165) is 0 Å². The molecule has 0 unspecified atom stereocenters. The van der Waals surface area contributed by atoms with Gasteiger partial charge < -0.3 is 0 Å². The summed E-state index contributed by atoms with van der Waals surface area (Å²) in [4.78, 5) is 23.4. The number of carbonyl (C=O) groups is 2. The van der Waals surface area contributed by atoms with E-state index in [9.17, 15) is 18.0 Å². The van der Waals surface area contributed by atoms with E-state index in [0.29, 0.717) is 16.8 Å². The van der Waals surface area contributed by atoms with Gasteiger partial charge in [-0.3, -0.25) is 13.9 Å². The first-order valence-corrected chi connectivity index (χ1v) is 8.61. The van der Waals surface area contributed by atoms with Gasteiger partial charge >= 0.3 is 0 Å². The van der Waals surface area contributed by atoms with Crippen LogP contribution in [-0.4, -0.2) is 26.5 Å². The van der Waals surface area contributed by atoms with Gasteiger partial charge in [0.05, 0.1) is 10.6 Å². The molecule has 2 aromatic carbocycles. The molecule has 0 bridgehead atoms. The van der Waals surface area contributed by atoms with E-state index in [1.807, 2.05) is 0 Å². The number of rotatable bonds is 3. The van der Waals surface area contributed by atoms with Gasteiger partial charge in [-0.05, 0) is 31.2 Å². The highest BCUT2D eigenvalue weighted by Crippen LogP contribution is 2.31. The highest BCUT2D eigenvalue weighted by Gasteiger charge is 2.31. The van der Waals surface area contributed by atoms with E-state index in [2.05, 4.69) is 0 Å². The quantitative estimate of drug-likeness (QED) is 0.812. The number of anilines is 1. The molecule has 0 atom stereocenters. The first-order chi connectivity index (χ1) is 10.9. The number of para-hydroxylation sites is 1. The fraction of sp³-hybridized carbons (Fsp3) is 0.176. The van der Waals surface area contributed by atoms with Crippen LogP contribution in [-0.2, 0) is 10.0 Å². The lowest BCUT2D eigenvalue weighted by Crippen LogP contribution is -2.37. The Balaban J connectivity index is 2.05. The lowest BCUT2D eigenvalue weighted by molar-refractivity contribution is 0.0980. The lowest BCUT2D eigenvalue weighted by Gasteiger charge is -2.29. The predicted molar refractivity (Wildman–Crippen MR) is 86.4 cm³/mol. The summed E-state index contributed by atoms with van der Waals surface area (Å²) in [6.07, 6.45) is 0.155. The van der Waals surface area contributed by atoms with Gasteiger partial charge in [-0.25, -0.2) is 8.42 Å². The maximum Gasteiger partial charge on any atom is 0.264 e. The second-order valence-corrected chi connectivity index (χ2v) is 7.21. The Morgan fingerprint density at radius 2 is 1.70 bits per heavy atom. The Morgan fingerprint density at radius 1 is 1.04 bits per heavy atom. The van der Waals surface area contributed by atoms with Gasteiger partial charge in [0, 0.05) is 24.1 Å². The normalized spacial score (nSPS) is 14.5.